The van der Waals surface area contributed by atoms with E-state index in [-0.39, 0.29) is 0 Å². The normalized spacial score (nSPS) is 10.2. The van der Waals surface area contributed by atoms with Crippen LogP contribution in [-0.2, 0) is 6.54 Å². The van der Waals surface area contributed by atoms with Gasteiger partial charge in [0.05, 0.1) is 18.7 Å². The van der Waals surface area contributed by atoms with E-state index in [1.807, 2.05) is 49.4 Å². The molecule has 3 nitrogen and oxygen atoms in total. The van der Waals surface area contributed by atoms with Crippen LogP contribution < -0.4 is 14.8 Å². The average Bonchev–Trinajstić information content (AvgIpc) is 2.48. The summed E-state index contributed by atoms with van der Waals surface area (Å²) in [6.45, 7) is 3.14. The van der Waals surface area contributed by atoms with Crippen molar-refractivity contribution in [2.75, 3.05) is 19.0 Å². The van der Waals surface area contributed by atoms with Gasteiger partial charge in [-0.15, -0.1) is 0 Å². The summed E-state index contributed by atoms with van der Waals surface area (Å²) >= 11 is 6.24. The number of nitrogens with one attached hydrogen (secondary N) is 1. The number of methoxy groups -OCH3 is 1. The second-order valence-corrected chi connectivity index (χ2v) is 4.67. The lowest BCUT2D eigenvalue weighted by molar-refractivity contribution is 0.311. The molecule has 0 saturated heterocycles. The highest BCUT2D eigenvalue weighted by Gasteiger charge is 2.11. The van der Waals surface area contributed by atoms with E-state index >= 15 is 0 Å². The third-order valence-corrected chi connectivity index (χ3v) is 3.13. The van der Waals surface area contributed by atoms with E-state index < -0.39 is 0 Å². The highest BCUT2D eigenvalue weighted by Crippen LogP contribution is 2.36. The van der Waals surface area contributed by atoms with E-state index in [4.69, 9.17) is 21.1 Å². The molecule has 0 aliphatic carbocycles. The maximum atomic E-state index is 6.24. The van der Waals surface area contributed by atoms with Crippen molar-refractivity contribution in [3.63, 3.8) is 0 Å². The van der Waals surface area contributed by atoms with Crippen molar-refractivity contribution < 1.29 is 9.47 Å². The van der Waals surface area contributed by atoms with Crippen LogP contribution in [0.25, 0.3) is 0 Å². The minimum atomic E-state index is 0.553. The van der Waals surface area contributed by atoms with Crippen molar-refractivity contribution >= 4 is 17.3 Å². The Bertz CT molecular complexity index is 558. The van der Waals surface area contributed by atoms with Gasteiger partial charge in [-0.1, -0.05) is 29.8 Å². The van der Waals surface area contributed by atoms with Gasteiger partial charge in [0.1, 0.15) is 0 Å². The summed E-state index contributed by atoms with van der Waals surface area (Å²) in [4.78, 5) is 0. The smallest absolute Gasteiger partial charge is 0.179 e. The quantitative estimate of drug-likeness (QED) is 0.858. The van der Waals surface area contributed by atoms with Crippen LogP contribution in [0.3, 0.4) is 0 Å². The van der Waals surface area contributed by atoms with Crippen LogP contribution in [0.2, 0.25) is 5.02 Å². The van der Waals surface area contributed by atoms with Gasteiger partial charge in [-0.05, 0) is 36.8 Å². The summed E-state index contributed by atoms with van der Waals surface area (Å²) in [5.41, 5.74) is 2.11. The Kier molecular flexibility index (Phi) is 5.13. The van der Waals surface area contributed by atoms with Crippen molar-refractivity contribution in [3.05, 3.63) is 53.1 Å². The summed E-state index contributed by atoms with van der Waals surface area (Å²) in [7, 11) is 1.61. The van der Waals surface area contributed by atoms with E-state index in [9.17, 15) is 0 Å². The van der Waals surface area contributed by atoms with Gasteiger partial charge >= 0.3 is 0 Å². The molecule has 0 fully saturated rings. The van der Waals surface area contributed by atoms with Crippen LogP contribution >= 0.6 is 11.6 Å². The molecule has 2 aromatic rings. The van der Waals surface area contributed by atoms with Crippen LogP contribution in [0, 0.1) is 0 Å². The molecule has 0 aliphatic rings. The highest BCUT2D eigenvalue weighted by molar-refractivity contribution is 6.32. The summed E-state index contributed by atoms with van der Waals surface area (Å²) < 4.78 is 10.8. The van der Waals surface area contributed by atoms with Gasteiger partial charge in [0.15, 0.2) is 11.5 Å². The van der Waals surface area contributed by atoms with Crippen LogP contribution in [0.5, 0.6) is 11.5 Å². The Labute approximate surface area is 124 Å². The van der Waals surface area contributed by atoms with Gasteiger partial charge in [-0.25, -0.2) is 0 Å². The van der Waals surface area contributed by atoms with Crippen molar-refractivity contribution in [1.82, 2.24) is 0 Å². The molecule has 0 bridgehead atoms. The molecule has 0 aliphatic heterocycles. The van der Waals surface area contributed by atoms with Crippen molar-refractivity contribution in [2.24, 2.45) is 0 Å². The molecular weight excluding hydrogens is 274 g/mol. The third kappa shape index (κ3) is 3.58. The number of para-hydroxylation sites is 1. The molecule has 106 valence electrons. The molecule has 20 heavy (non-hydrogen) atoms. The number of ether oxygens (including phenoxy) is 2. The van der Waals surface area contributed by atoms with Crippen molar-refractivity contribution in [1.29, 1.82) is 0 Å². The van der Waals surface area contributed by atoms with Crippen molar-refractivity contribution in [3.8, 4) is 11.5 Å². The predicted octanol–water partition coefficient (Wildman–Crippen LogP) is 4.36. The van der Waals surface area contributed by atoms with E-state index in [1.54, 1.807) is 7.11 Å². The summed E-state index contributed by atoms with van der Waals surface area (Å²) in [6.07, 6.45) is 0. The average molecular weight is 292 g/mol. The Balaban J connectivity index is 2.14. The molecule has 0 radical (unpaired) electrons. The summed E-state index contributed by atoms with van der Waals surface area (Å²) in [5, 5.41) is 3.90. The predicted molar refractivity (Wildman–Crippen MR) is 82.9 cm³/mol. The molecule has 0 saturated carbocycles. The second-order valence-electron chi connectivity index (χ2n) is 4.26. The number of halogens is 1. The fourth-order valence-corrected chi connectivity index (χ4v) is 2.21. The van der Waals surface area contributed by atoms with Gasteiger partial charge in [-0.3, -0.25) is 0 Å². The standard InChI is InChI=1S/C16H18ClNO2/c1-3-20-16-14(17)9-12(10-15(16)19-2)11-18-13-7-5-4-6-8-13/h4-10,18H,3,11H2,1-2H3. The zero-order chi connectivity index (χ0) is 14.4. The van der Waals surface area contributed by atoms with Gasteiger partial charge < -0.3 is 14.8 Å². The topological polar surface area (TPSA) is 30.5 Å². The van der Waals surface area contributed by atoms with Gasteiger partial charge in [-0.2, -0.15) is 0 Å². The fourth-order valence-electron chi connectivity index (χ4n) is 1.92. The zero-order valence-corrected chi connectivity index (χ0v) is 12.4. The molecule has 4 heteroatoms. The highest BCUT2D eigenvalue weighted by atomic mass is 35.5. The molecule has 2 rings (SSSR count). The summed E-state index contributed by atoms with van der Waals surface area (Å²) in [5.74, 6) is 1.25. The molecule has 0 aromatic heterocycles. The van der Waals surface area contributed by atoms with Gasteiger partial charge in [0.2, 0.25) is 0 Å². The lowest BCUT2D eigenvalue weighted by Gasteiger charge is -2.14. The number of hydrogen-bond acceptors (Lipinski definition) is 3. The number of hydrogen-bond donors (Lipinski definition) is 1. The van der Waals surface area contributed by atoms with Gasteiger partial charge in [0.25, 0.3) is 0 Å². The first-order valence-corrected chi connectivity index (χ1v) is 6.90. The monoisotopic (exact) mass is 291 g/mol. The minimum absolute atomic E-state index is 0.553. The van der Waals surface area contributed by atoms with Crippen LogP contribution in [0.1, 0.15) is 12.5 Å². The maximum absolute atomic E-state index is 6.24. The Morgan fingerprint density at radius 3 is 2.55 bits per heavy atom. The molecule has 1 N–H and O–H groups in total. The van der Waals surface area contributed by atoms with E-state index in [1.165, 1.54) is 0 Å². The molecular formula is C16H18ClNO2. The number of rotatable bonds is 6. The third-order valence-electron chi connectivity index (χ3n) is 2.85. The Morgan fingerprint density at radius 2 is 1.90 bits per heavy atom. The summed E-state index contributed by atoms with van der Waals surface area (Å²) in [6, 6.07) is 13.8. The lowest BCUT2D eigenvalue weighted by atomic mass is 10.2. The molecule has 2 aromatic carbocycles. The minimum Gasteiger partial charge on any atom is -0.493 e. The molecule has 0 atom stereocenters. The van der Waals surface area contributed by atoms with Crippen LogP contribution in [0.15, 0.2) is 42.5 Å². The van der Waals surface area contributed by atoms with Crippen LogP contribution in [-0.4, -0.2) is 13.7 Å². The first-order chi connectivity index (χ1) is 9.74. The van der Waals surface area contributed by atoms with Crippen molar-refractivity contribution in [2.45, 2.75) is 13.5 Å². The molecule has 0 amide bonds. The van der Waals surface area contributed by atoms with E-state index in [0.29, 0.717) is 29.7 Å². The largest absolute Gasteiger partial charge is 0.493 e. The van der Waals surface area contributed by atoms with E-state index in [0.717, 1.165) is 11.3 Å². The molecule has 0 heterocycles. The fraction of sp³-hybridized carbons (Fsp3) is 0.250. The van der Waals surface area contributed by atoms with Gasteiger partial charge in [0, 0.05) is 12.2 Å². The first kappa shape index (κ1) is 14.5. The maximum Gasteiger partial charge on any atom is 0.179 e. The Morgan fingerprint density at radius 1 is 1.15 bits per heavy atom. The molecule has 0 unspecified atom stereocenters. The number of benzene rings is 2. The first-order valence-electron chi connectivity index (χ1n) is 6.52. The second kappa shape index (κ2) is 7.06. The van der Waals surface area contributed by atoms with E-state index in [2.05, 4.69) is 5.32 Å². The molecule has 0 spiro atoms. The Hall–Kier alpha value is -1.87. The lowest BCUT2D eigenvalue weighted by Crippen LogP contribution is -2.02. The van der Waals surface area contributed by atoms with Crippen LogP contribution in [0.4, 0.5) is 5.69 Å². The zero-order valence-electron chi connectivity index (χ0n) is 11.7. The SMILES string of the molecule is CCOc1c(Cl)cc(CNc2ccccc2)cc1OC. The number of anilines is 1.